The SMILES string of the molecule is FC(F)CC[Si](Cl)Cl. The summed E-state index contributed by atoms with van der Waals surface area (Å²) in [5.74, 6) is 0. The highest BCUT2D eigenvalue weighted by Crippen LogP contribution is 2.10. The van der Waals surface area contributed by atoms with E-state index in [1.807, 2.05) is 0 Å². The largest absolute Gasteiger partial charge is 0.274 e. The van der Waals surface area contributed by atoms with Gasteiger partial charge in [0.2, 0.25) is 6.43 Å². The van der Waals surface area contributed by atoms with Gasteiger partial charge in [0.15, 0.2) is 0 Å². The Balaban J connectivity index is 2.93. The third-order valence-electron chi connectivity index (χ3n) is 0.552. The molecule has 0 atom stereocenters. The van der Waals surface area contributed by atoms with Crippen LogP contribution >= 0.6 is 22.2 Å². The number of alkyl halides is 2. The summed E-state index contributed by atoms with van der Waals surface area (Å²) in [6, 6.07) is 0.269. The molecule has 5 heteroatoms. The monoisotopic (exact) mass is 177 g/mol. The second kappa shape index (κ2) is 4.53. The first-order valence-electron chi connectivity index (χ1n) is 2.08. The molecule has 0 N–H and O–H groups in total. The molecule has 0 bridgehead atoms. The van der Waals surface area contributed by atoms with Crippen molar-refractivity contribution in [3.8, 4) is 0 Å². The third kappa shape index (κ3) is 6.66. The Bertz CT molecular complexity index is 51.2. The van der Waals surface area contributed by atoms with E-state index in [0.717, 1.165) is 0 Å². The minimum absolute atomic E-state index is 0.165. The van der Waals surface area contributed by atoms with Gasteiger partial charge in [-0.05, 0) is 6.04 Å². The molecule has 0 spiro atoms. The van der Waals surface area contributed by atoms with Crippen LogP contribution in [0.25, 0.3) is 0 Å². The molecule has 49 valence electrons. The summed E-state index contributed by atoms with van der Waals surface area (Å²) in [6.45, 7) is 0. The highest BCUT2D eigenvalue weighted by atomic mass is 35.7. The predicted molar refractivity (Wildman–Crippen MR) is 32.9 cm³/mol. The van der Waals surface area contributed by atoms with Crippen LogP contribution in [0, 0.1) is 0 Å². The zero-order chi connectivity index (χ0) is 6.57. The Kier molecular flexibility index (Phi) is 4.90. The topological polar surface area (TPSA) is 0 Å². The second-order valence-electron chi connectivity index (χ2n) is 1.27. The number of halogens is 4. The number of rotatable bonds is 3. The van der Waals surface area contributed by atoms with Crippen molar-refractivity contribution in [3.63, 3.8) is 0 Å². The van der Waals surface area contributed by atoms with E-state index in [1.165, 1.54) is 0 Å². The predicted octanol–water partition coefficient (Wildman–Crippen LogP) is 2.61. The van der Waals surface area contributed by atoms with Gasteiger partial charge in [0, 0.05) is 6.42 Å². The summed E-state index contributed by atoms with van der Waals surface area (Å²) >= 11 is 10.5. The molecule has 0 aliphatic carbocycles. The van der Waals surface area contributed by atoms with Gasteiger partial charge in [0.25, 0.3) is 7.42 Å². The average molecular weight is 178 g/mol. The van der Waals surface area contributed by atoms with E-state index in [-0.39, 0.29) is 12.5 Å². The summed E-state index contributed by atoms with van der Waals surface area (Å²) in [6.07, 6.45) is -2.42. The van der Waals surface area contributed by atoms with E-state index in [4.69, 9.17) is 22.2 Å². The summed E-state index contributed by atoms with van der Waals surface area (Å²) in [7, 11) is -1.47. The molecule has 0 amide bonds. The normalized spacial score (nSPS) is 11.2. The minimum atomic E-state index is -2.26. The molecule has 0 aromatic rings. The van der Waals surface area contributed by atoms with Crippen LogP contribution in [0.1, 0.15) is 6.42 Å². The second-order valence-corrected chi connectivity index (χ2v) is 5.76. The van der Waals surface area contributed by atoms with E-state index < -0.39 is 13.8 Å². The van der Waals surface area contributed by atoms with Gasteiger partial charge >= 0.3 is 0 Å². The third-order valence-corrected chi connectivity index (χ3v) is 2.35. The van der Waals surface area contributed by atoms with Crippen LogP contribution < -0.4 is 0 Å². The quantitative estimate of drug-likeness (QED) is 0.460. The first-order valence-corrected chi connectivity index (χ1v) is 5.81. The van der Waals surface area contributed by atoms with Crippen LogP contribution in [0.5, 0.6) is 0 Å². The van der Waals surface area contributed by atoms with Crippen LogP contribution in [0.3, 0.4) is 0 Å². The maximum atomic E-state index is 11.3. The highest BCUT2D eigenvalue weighted by Gasteiger charge is 2.08. The van der Waals surface area contributed by atoms with Gasteiger partial charge in [-0.2, -0.15) is 0 Å². The van der Waals surface area contributed by atoms with E-state index in [0.29, 0.717) is 0 Å². The Labute approximate surface area is 57.8 Å². The molecular weight excluding hydrogens is 173 g/mol. The lowest BCUT2D eigenvalue weighted by Crippen LogP contribution is -1.96. The molecule has 0 aliphatic rings. The Morgan fingerprint density at radius 1 is 1.38 bits per heavy atom. The van der Waals surface area contributed by atoms with Gasteiger partial charge in [-0.3, -0.25) is 0 Å². The highest BCUT2D eigenvalue weighted by molar-refractivity contribution is 7.33. The lowest BCUT2D eigenvalue weighted by molar-refractivity contribution is 0.144. The van der Waals surface area contributed by atoms with Crippen molar-refractivity contribution >= 4 is 29.6 Å². The van der Waals surface area contributed by atoms with Crippen molar-refractivity contribution in [3.05, 3.63) is 0 Å². The molecule has 0 saturated heterocycles. The van der Waals surface area contributed by atoms with E-state index in [1.54, 1.807) is 0 Å². The molecule has 0 nitrogen and oxygen atoms in total. The van der Waals surface area contributed by atoms with Crippen molar-refractivity contribution in [2.24, 2.45) is 0 Å². The van der Waals surface area contributed by atoms with Crippen molar-refractivity contribution in [1.29, 1.82) is 0 Å². The zero-order valence-electron chi connectivity index (χ0n) is 4.00. The van der Waals surface area contributed by atoms with E-state index >= 15 is 0 Å². The fourth-order valence-electron chi connectivity index (χ4n) is 0.218. The zero-order valence-corrected chi connectivity index (χ0v) is 6.52. The maximum absolute atomic E-state index is 11.3. The Morgan fingerprint density at radius 3 is 2.00 bits per heavy atom. The molecule has 0 unspecified atom stereocenters. The molecule has 0 heterocycles. The molecule has 0 aromatic heterocycles. The number of hydrogen-bond donors (Lipinski definition) is 0. The molecule has 8 heavy (non-hydrogen) atoms. The van der Waals surface area contributed by atoms with Crippen molar-refractivity contribution in [1.82, 2.24) is 0 Å². The Morgan fingerprint density at radius 2 is 1.88 bits per heavy atom. The fraction of sp³-hybridized carbons (Fsp3) is 1.00. The molecule has 0 rings (SSSR count). The van der Waals surface area contributed by atoms with Crippen LogP contribution in [-0.2, 0) is 0 Å². The minimum Gasteiger partial charge on any atom is -0.211 e. The Hall–Kier alpha value is 0.657. The lowest BCUT2D eigenvalue weighted by atomic mass is 10.5. The summed E-state index contributed by atoms with van der Waals surface area (Å²) in [5, 5.41) is 0. The van der Waals surface area contributed by atoms with E-state index in [2.05, 4.69) is 0 Å². The molecule has 0 fully saturated rings. The molecular formula is C3H5Cl2F2Si. The lowest BCUT2D eigenvalue weighted by Gasteiger charge is -1.94. The van der Waals surface area contributed by atoms with Gasteiger partial charge in [-0.1, -0.05) is 0 Å². The first-order chi connectivity index (χ1) is 3.63. The van der Waals surface area contributed by atoms with Crippen molar-refractivity contribution in [2.45, 2.75) is 18.9 Å². The van der Waals surface area contributed by atoms with Gasteiger partial charge in [-0.25, -0.2) is 8.78 Å². The molecule has 0 aliphatic heterocycles. The van der Waals surface area contributed by atoms with Gasteiger partial charge in [-0.15, -0.1) is 22.2 Å². The van der Waals surface area contributed by atoms with Crippen LogP contribution in [0.2, 0.25) is 6.04 Å². The summed E-state index contributed by atoms with van der Waals surface area (Å²) < 4.78 is 22.6. The van der Waals surface area contributed by atoms with Crippen LogP contribution in [-0.4, -0.2) is 13.8 Å². The van der Waals surface area contributed by atoms with E-state index in [9.17, 15) is 8.78 Å². The van der Waals surface area contributed by atoms with Crippen LogP contribution in [0.15, 0.2) is 0 Å². The van der Waals surface area contributed by atoms with Gasteiger partial charge < -0.3 is 0 Å². The number of hydrogen-bond acceptors (Lipinski definition) is 0. The molecule has 0 aromatic carbocycles. The molecule has 1 radical (unpaired) electrons. The van der Waals surface area contributed by atoms with Gasteiger partial charge in [0.1, 0.15) is 0 Å². The smallest absolute Gasteiger partial charge is 0.211 e. The average Bonchev–Trinajstić information content (AvgIpc) is 1.61. The van der Waals surface area contributed by atoms with Crippen LogP contribution in [0.4, 0.5) is 8.78 Å². The standard InChI is InChI=1S/C3H5Cl2F2Si/c4-8(5)2-1-3(6)7/h3H,1-2H2. The fourth-order valence-corrected chi connectivity index (χ4v) is 1.31. The van der Waals surface area contributed by atoms with Gasteiger partial charge in [0.05, 0.1) is 0 Å². The molecule has 0 saturated carbocycles. The maximum Gasteiger partial charge on any atom is 0.274 e. The first kappa shape index (κ1) is 8.66. The van der Waals surface area contributed by atoms with Crippen molar-refractivity contribution < 1.29 is 8.78 Å². The summed E-state index contributed by atoms with van der Waals surface area (Å²) in [5.41, 5.74) is 0. The summed E-state index contributed by atoms with van der Waals surface area (Å²) in [4.78, 5) is 0. The van der Waals surface area contributed by atoms with Crippen molar-refractivity contribution in [2.75, 3.05) is 0 Å².